The molecule has 180 valence electrons. The largest absolute Gasteiger partial charge is 0.383 e. The number of hydrogen-bond acceptors (Lipinski definition) is 8. The van der Waals surface area contributed by atoms with Crippen LogP contribution in [-0.4, -0.2) is 40.8 Å². The summed E-state index contributed by atoms with van der Waals surface area (Å²) in [6, 6.07) is 13.0. The van der Waals surface area contributed by atoms with Crippen LogP contribution in [0.4, 0.5) is 34.5 Å². The maximum atomic E-state index is 11.9. The van der Waals surface area contributed by atoms with Gasteiger partial charge in [-0.3, -0.25) is 14.4 Å². The van der Waals surface area contributed by atoms with Crippen molar-refractivity contribution >= 4 is 52.2 Å². The van der Waals surface area contributed by atoms with Gasteiger partial charge in [0.25, 0.3) is 5.91 Å². The molecular formula is C24H26N8O3. The zero-order valence-corrected chi connectivity index (χ0v) is 19.1. The molecule has 0 aliphatic carbocycles. The number of hydrogen-bond donors (Lipinski definition) is 6. The first-order valence-electron chi connectivity index (χ1n) is 11.1. The van der Waals surface area contributed by atoms with Gasteiger partial charge < -0.3 is 32.3 Å². The number of anilines is 6. The lowest BCUT2D eigenvalue weighted by molar-refractivity contribution is -0.119. The minimum atomic E-state index is -0.654. The lowest BCUT2D eigenvalue weighted by Crippen LogP contribution is -2.26. The molecule has 11 nitrogen and oxygen atoms in total. The fourth-order valence-electron chi connectivity index (χ4n) is 3.56. The zero-order chi connectivity index (χ0) is 24.8. The quantitative estimate of drug-likeness (QED) is 0.258. The van der Waals surface area contributed by atoms with Crippen LogP contribution in [0, 0.1) is 0 Å². The first kappa shape index (κ1) is 23.5. The van der Waals surface area contributed by atoms with Crippen LogP contribution < -0.4 is 32.3 Å². The van der Waals surface area contributed by atoms with Crippen molar-refractivity contribution in [1.82, 2.24) is 15.3 Å². The predicted octanol–water partition coefficient (Wildman–Crippen LogP) is 2.50. The number of carbonyl (C=O) groups is 3. The molecule has 11 heteroatoms. The second-order valence-electron chi connectivity index (χ2n) is 7.98. The summed E-state index contributed by atoms with van der Waals surface area (Å²) in [5, 5.41) is 15.0. The van der Waals surface area contributed by atoms with Crippen LogP contribution in [0.1, 0.15) is 29.3 Å². The van der Waals surface area contributed by atoms with Gasteiger partial charge >= 0.3 is 0 Å². The average molecular weight is 475 g/mol. The average Bonchev–Trinajstić information content (AvgIpc) is 2.83. The molecule has 1 aliphatic rings. The highest BCUT2D eigenvalue weighted by molar-refractivity contribution is 5.98. The van der Waals surface area contributed by atoms with Crippen molar-refractivity contribution in [1.29, 1.82) is 0 Å². The summed E-state index contributed by atoms with van der Waals surface area (Å²) in [5.41, 5.74) is 9.81. The van der Waals surface area contributed by atoms with Crippen LogP contribution in [-0.2, 0) is 16.0 Å². The van der Waals surface area contributed by atoms with E-state index in [0.717, 1.165) is 22.6 Å². The Morgan fingerprint density at radius 2 is 1.74 bits per heavy atom. The normalized spacial score (nSPS) is 12.2. The van der Waals surface area contributed by atoms with Gasteiger partial charge in [-0.2, -0.15) is 4.98 Å². The molecule has 4 rings (SSSR count). The number of aryl methyl sites for hydroxylation is 1. The van der Waals surface area contributed by atoms with Gasteiger partial charge in [0.15, 0.2) is 0 Å². The van der Waals surface area contributed by atoms with Crippen LogP contribution >= 0.6 is 0 Å². The molecule has 1 aliphatic heterocycles. The van der Waals surface area contributed by atoms with Crippen LogP contribution in [0.5, 0.6) is 0 Å². The molecule has 0 saturated heterocycles. The third-order valence-corrected chi connectivity index (χ3v) is 5.29. The fraction of sp³-hybridized carbons (Fsp3) is 0.208. The number of nitrogens with two attached hydrogens (primary N) is 1. The van der Waals surface area contributed by atoms with Crippen LogP contribution in [0.25, 0.3) is 0 Å². The van der Waals surface area contributed by atoms with Crippen LogP contribution in [0.15, 0.2) is 48.7 Å². The van der Waals surface area contributed by atoms with E-state index in [4.69, 9.17) is 5.73 Å². The maximum Gasteiger partial charge on any atom is 0.254 e. The number of benzene rings is 2. The molecule has 3 amide bonds. The molecule has 2 heterocycles. The van der Waals surface area contributed by atoms with Crippen molar-refractivity contribution in [2.24, 2.45) is 5.73 Å². The van der Waals surface area contributed by atoms with Crippen LogP contribution in [0.2, 0.25) is 0 Å². The highest BCUT2D eigenvalue weighted by Gasteiger charge is 2.17. The Morgan fingerprint density at radius 3 is 2.49 bits per heavy atom. The third-order valence-electron chi connectivity index (χ3n) is 5.29. The van der Waals surface area contributed by atoms with E-state index < -0.39 is 5.91 Å². The topological polar surface area (TPSA) is 163 Å². The highest BCUT2D eigenvalue weighted by atomic mass is 16.2. The van der Waals surface area contributed by atoms with E-state index in [2.05, 4.69) is 36.6 Å². The third kappa shape index (κ3) is 6.22. The standard InChI is InChI=1S/C24H26N8O3/c1-14(33)26-10-11-27-16-3-5-17(6-4-16)30-24-28-13-19(22(25)35)23(32-24)29-18-7-8-20-15(12-18)2-9-21(34)31-20/h3-8,12-13,27H,2,9-11H2,1H3,(H2,25,35)(H,26,33)(H,31,34)(H2,28,29,30,32). The maximum absolute atomic E-state index is 11.9. The monoisotopic (exact) mass is 474 g/mol. The molecule has 0 fully saturated rings. The number of primary amides is 1. The zero-order valence-electron chi connectivity index (χ0n) is 19.1. The molecule has 3 aromatic rings. The molecule has 1 aromatic heterocycles. The second kappa shape index (κ2) is 10.5. The van der Waals surface area contributed by atoms with E-state index in [1.54, 1.807) is 6.07 Å². The Kier molecular flexibility index (Phi) is 7.05. The summed E-state index contributed by atoms with van der Waals surface area (Å²) < 4.78 is 0. The molecule has 2 aromatic carbocycles. The lowest BCUT2D eigenvalue weighted by atomic mass is 10.0. The summed E-state index contributed by atoms with van der Waals surface area (Å²) >= 11 is 0. The van der Waals surface area contributed by atoms with Gasteiger partial charge in [-0.15, -0.1) is 0 Å². The first-order valence-corrected chi connectivity index (χ1v) is 11.1. The summed E-state index contributed by atoms with van der Waals surface area (Å²) in [7, 11) is 0. The Hall–Kier alpha value is -4.67. The molecule has 7 N–H and O–H groups in total. The highest BCUT2D eigenvalue weighted by Crippen LogP contribution is 2.28. The second-order valence-corrected chi connectivity index (χ2v) is 7.98. The molecule has 0 bridgehead atoms. The van der Waals surface area contributed by atoms with Crippen molar-refractivity contribution < 1.29 is 14.4 Å². The Morgan fingerprint density at radius 1 is 1.00 bits per heavy atom. The van der Waals surface area contributed by atoms with Gasteiger partial charge in [0.05, 0.1) is 0 Å². The van der Waals surface area contributed by atoms with E-state index in [1.807, 2.05) is 36.4 Å². The number of nitrogens with one attached hydrogen (secondary N) is 5. The van der Waals surface area contributed by atoms with E-state index in [0.29, 0.717) is 31.6 Å². The van der Waals surface area contributed by atoms with Gasteiger partial charge in [-0.05, 0) is 54.4 Å². The molecular weight excluding hydrogens is 448 g/mol. The first-order chi connectivity index (χ1) is 16.9. The Labute approximate surface area is 201 Å². The summed E-state index contributed by atoms with van der Waals surface area (Å²) in [6.07, 6.45) is 2.43. The van der Waals surface area contributed by atoms with E-state index in [1.165, 1.54) is 13.1 Å². The minimum Gasteiger partial charge on any atom is -0.383 e. The number of carbonyl (C=O) groups excluding carboxylic acids is 3. The smallest absolute Gasteiger partial charge is 0.254 e. The molecule has 0 atom stereocenters. The SMILES string of the molecule is CC(=O)NCCNc1ccc(Nc2ncc(C(N)=O)c(Nc3ccc4c(c3)CCC(=O)N4)n2)cc1. The van der Waals surface area contributed by atoms with Crippen LogP contribution in [0.3, 0.4) is 0 Å². The van der Waals surface area contributed by atoms with E-state index in [-0.39, 0.29) is 29.1 Å². The van der Waals surface area contributed by atoms with Gasteiger partial charge in [0, 0.05) is 55.4 Å². The Balaban J connectivity index is 1.46. The molecule has 35 heavy (non-hydrogen) atoms. The Bertz CT molecular complexity index is 1260. The van der Waals surface area contributed by atoms with Crippen molar-refractivity contribution in [3.05, 3.63) is 59.8 Å². The number of rotatable bonds is 9. The minimum absolute atomic E-state index is 0.00505. The van der Waals surface area contributed by atoms with Crippen molar-refractivity contribution in [2.45, 2.75) is 19.8 Å². The molecule has 0 radical (unpaired) electrons. The van der Waals surface area contributed by atoms with Crippen molar-refractivity contribution in [2.75, 3.05) is 34.4 Å². The molecule has 0 spiro atoms. The van der Waals surface area contributed by atoms with E-state index in [9.17, 15) is 14.4 Å². The number of nitrogens with zero attached hydrogens (tertiary/aromatic N) is 2. The molecule has 0 unspecified atom stereocenters. The summed E-state index contributed by atoms with van der Waals surface area (Å²) in [6.45, 7) is 2.62. The predicted molar refractivity (Wildman–Crippen MR) is 134 cm³/mol. The summed E-state index contributed by atoms with van der Waals surface area (Å²) in [4.78, 5) is 43.1. The molecule has 0 saturated carbocycles. The fourth-order valence-corrected chi connectivity index (χ4v) is 3.56. The number of fused-ring (bicyclic) bond motifs is 1. The van der Waals surface area contributed by atoms with Gasteiger partial charge in [-0.1, -0.05) is 0 Å². The van der Waals surface area contributed by atoms with Gasteiger partial charge in [-0.25, -0.2) is 4.98 Å². The van der Waals surface area contributed by atoms with Crippen molar-refractivity contribution in [3.8, 4) is 0 Å². The van der Waals surface area contributed by atoms with Crippen molar-refractivity contribution in [3.63, 3.8) is 0 Å². The lowest BCUT2D eigenvalue weighted by Gasteiger charge is -2.18. The van der Waals surface area contributed by atoms with E-state index >= 15 is 0 Å². The van der Waals surface area contributed by atoms with Gasteiger partial charge in [0.2, 0.25) is 17.8 Å². The van der Waals surface area contributed by atoms with Gasteiger partial charge in [0.1, 0.15) is 11.4 Å². The number of aromatic nitrogens is 2. The number of amides is 3. The summed E-state index contributed by atoms with van der Waals surface area (Å²) in [5.74, 6) is -0.170.